The summed E-state index contributed by atoms with van der Waals surface area (Å²) in [6.07, 6.45) is 3.11. The van der Waals surface area contributed by atoms with E-state index in [0.29, 0.717) is 5.56 Å². The predicted octanol–water partition coefficient (Wildman–Crippen LogP) is 4.91. The first kappa shape index (κ1) is 19.6. The van der Waals surface area contributed by atoms with Gasteiger partial charge in [-0.25, -0.2) is 9.78 Å². The Morgan fingerprint density at radius 3 is 2.52 bits per heavy atom. The molecule has 6 heteroatoms. The zero-order valence-corrected chi connectivity index (χ0v) is 17.4. The van der Waals surface area contributed by atoms with Gasteiger partial charge in [0.25, 0.3) is 5.91 Å². The molecule has 0 spiro atoms. The van der Waals surface area contributed by atoms with Gasteiger partial charge in [0, 0.05) is 17.6 Å². The molecular formula is C23H24N2O3S. The molecule has 0 N–H and O–H groups in total. The number of carbonyl (C=O) groups excluding carboxylic acids is 2. The van der Waals surface area contributed by atoms with Gasteiger partial charge in [-0.1, -0.05) is 30.3 Å². The van der Waals surface area contributed by atoms with Gasteiger partial charge < -0.3 is 9.64 Å². The van der Waals surface area contributed by atoms with Crippen molar-refractivity contribution in [2.75, 3.05) is 6.61 Å². The molecule has 0 saturated carbocycles. The summed E-state index contributed by atoms with van der Waals surface area (Å²) >= 11 is 1.54. The normalized spacial score (nSPS) is 19.3. The van der Waals surface area contributed by atoms with Crippen LogP contribution in [0.2, 0.25) is 0 Å². The van der Waals surface area contributed by atoms with E-state index in [-0.39, 0.29) is 24.6 Å². The summed E-state index contributed by atoms with van der Waals surface area (Å²) in [7, 11) is 0. The quantitative estimate of drug-likeness (QED) is 0.576. The van der Waals surface area contributed by atoms with Crippen molar-refractivity contribution < 1.29 is 14.3 Å². The molecule has 1 saturated heterocycles. The minimum Gasteiger partial charge on any atom is -0.452 e. The second-order valence-corrected chi connectivity index (χ2v) is 8.57. The molecule has 150 valence electrons. The van der Waals surface area contributed by atoms with Gasteiger partial charge in [-0.15, -0.1) is 11.3 Å². The average Bonchev–Trinajstić information content (AvgIpc) is 3.16. The molecule has 1 aromatic heterocycles. The second-order valence-electron chi connectivity index (χ2n) is 7.54. The van der Waals surface area contributed by atoms with Gasteiger partial charge in [0.05, 0.1) is 15.8 Å². The van der Waals surface area contributed by atoms with Crippen LogP contribution >= 0.6 is 11.3 Å². The number of rotatable bonds is 4. The minimum absolute atomic E-state index is 0.129. The first-order valence-electron chi connectivity index (χ1n) is 9.98. The molecular weight excluding hydrogens is 384 g/mol. The predicted molar refractivity (Wildman–Crippen MR) is 115 cm³/mol. The zero-order valence-electron chi connectivity index (χ0n) is 16.6. The minimum atomic E-state index is -0.495. The number of para-hydroxylation sites is 1. The summed E-state index contributed by atoms with van der Waals surface area (Å²) in [5, 5.41) is 0.767. The van der Waals surface area contributed by atoms with E-state index >= 15 is 0 Å². The fourth-order valence-electron chi connectivity index (χ4n) is 4.03. The average molecular weight is 409 g/mol. The number of esters is 1. The molecule has 2 unspecified atom stereocenters. The third kappa shape index (κ3) is 4.03. The Bertz CT molecular complexity index is 1000. The zero-order chi connectivity index (χ0) is 20.4. The first-order chi connectivity index (χ1) is 14.0. The SMILES string of the molecule is CC1CCCC(C)N1C(=O)COC(=O)c1ccccc1-c1nc2ccccc2s1. The number of hydrogen-bond acceptors (Lipinski definition) is 5. The van der Waals surface area contributed by atoms with E-state index in [0.717, 1.165) is 40.1 Å². The number of piperidine rings is 1. The number of amides is 1. The van der Waals surface area contributed by atoms with Crippen LogP contribution < -0.4 is 0 Å². The van der Waals surface area contributed by atoms with Gasteiger partial charge in [-0.3, -0.25) is 4.79 Å². The van der Waals surface area contributed by atoms with Crippen LogP contribution in [-0.2, 0) is 9.53 Å². The van der Waals surface area contributed by atoms with Gasteiger partial charge in [0.1, 0.15) is 5.01 Å². The van der Waals surface area contributed by atoms with Gasteiger partial charge in [-0.2, -0.15) is 0 Å². The molecule has 0 radical (unpaired) electrons. The van der Waals surface area contributed by atoms with E-state index in [1.165, 1.54) is 11.3 Å². The monoisotopic (exact) mass is 408 g/mol. The Morgan fingerprint density at radius 2 is 1.76 bits per heavy atom. The molecule has 3 aromatic rings. The highest BCUT2D eigenvalue weighted by atomic mass is 32.1. The molecule has 2 aromatic carbocycles. The van der Waals surface area contributed by atoms with Crippen LogP contribution in [0.3, 0.4) is 0 Å². The third-order valence-corrected chi connectivity index (χ3v) is 6.55. The van der Waals surface area contributed by atoms with Crippen LogP contribution in [0.15, 0.2) is 48.5 Å². The Kier molecular flexibility index (Phi) is 5.62. The smallest absolute Gasteiger partial charge is 0.339 e. The Hall–Kier alpha value is -2.73. The molecule has 1 aliphatic rings. The number of benzene rings is 2. The lowest BCUT2D eigenvalue weighted by Gasteiger charge is -2.38. The lowest BCUT2D eigenvalue weighted by molar-refractivity contribution is -0.140. The van der Waals surface area contributed by atoms with Crippen LogP contribution in [0.1, 0.15) is 43.5 Å². The van der Waals surface area contributed by atoms with Gasteiger partial charge in [-0.05, 0) is 51.3 Å². The summed E-state index contributed by atoms with van der Waals surface area (Å²) in [5.41, 5.74) is 2.06. The number of carbonyl (C=O) groups is 2. The Morgan fingerprint density at radius 1 is 1.07 bits per heavy atom. The van der Waals surface area contributed by atoms with Crippen LogP contribution in [0.5, 0.6) is 0 Å². The van der Waals surface area contributed by atoms with Crippen LogP contribution in [0, 0.1) is 0 Å². The van der Waals surface area contributed by atoms with Crippen molar-refractivity contribution in [1.82, 2.24) is 9.88 Å². The summed E-state index contributed by atoms with van der Waals surface area (Å²) < 4.78 is 6.49. The van der Waals surface area contributed by atoms with Crippen molar-refractivity contribution in [1.29, 1.82) is 0 Å². The molecule has 1 fully saturated rings. The number of thiazole rings is 1. The highest BCUT2D eigenvalue weighted by Crippen LogP contribution is 2.32. The van der Waals surface area contributed by atoms with Crippen molar-refractivity contribution >= 4 is 33.4 Å². The molecule has 0 bridgehead atoms. The molecule has 29 heavy (non-hydrogen) atoms. The molecule has 1 aliphatic heterocycles. The number of nitrogens with zero attached hydrogens (tertiary/aromatic N) is 2. The van der Waals surface area contributed by atoms with E-state index in [1.807, 2.05) is 41.3 Å². The van der Waals surface area contributed by atoms with Crippen molar-refractivity contribution in [3.8, 4) is 10.6 Å². The summed E-state index contributed by atoms with van der Waals surface area (Å²) in [6.45, 7) is 3.87. The van der Waals surface area contributed by atoms with Crippen LogP contribution in [0.4, 0.5) is 0 Å². The van der Waals surface area contributed by atoms with Crippen LogP contribution in [-0.4, -0.2) is 40.5 Å². The van der Waals surface area contributed by atoms with E-state index in [9.17, 15) is 9.59 Å². The van der Waals surface area contributed by atoms with Gasteiger partial charge >= 0.3 is 5.97 Å². The summed E-state index contributed by atoms with van der Waals surface area (Å²) in [4.78, 5) is 32.0. The largest absolute Gasteiger partial charge is 0.452 e. The molecule has 0 aliphatic carbocycles. The topological polar surface area (TPSA) is 59.5 Å². The van der Waals surface area contributed by atoms with Crippen molar-refractivity contribution in [3.63, 3.8) is 0 Å². The molecule has 1 amide bonds. The Balaban J connectivity index is 1.51. The van der Waals surface area contributed by atoms with E-state index in [4.69, 9.17) is 4.74 Å². The lowest BCUT2D eigenvalue weighted by Crippen LogP contribution is -2.49. The summed E-state index contributed by atoms with van der Waals surface area (Å²) in [6, 6.07) is 15.5. The van der Waals surface area contributed by atoms with Gasteiger partial charge in [0.2, 0.25) is 0 Å². The van der Waals surface area contributed by atoms with E-state index < -0.39 is 5.97 Å². The first-order valence-corrected chi connectivity index (χ1v) is 10.8. The maximum absolute atomic E-state index is 12.8. The van der Waals surface area contributed by atoms with Crippen molar-refractivity contribution in [2.24, 2.45) is 0 Å². The number of likely N-dealkylation sites (tertiary alicyclic amines) is 1. The third-order valence-electron chi connectivity index (χ3n) is 5.48. The maximum atomic E-state index is 12.8. The molecule has 4 rings (SSSR count). The number of aromatic nitrogens is 1. The molecule has 2 heterocycles. The van der Waals surface area contributed by atoms with E-state index in [2.05, 4.69) is 18.8 Å². The van der Waals surface area contributed by atoms with Gasteiger partial charge in [0.15, 0.2) is 6.61 Å². The lowest BCUT2D eigenvalue weighted by atomic mass is 9.97. The second kappa shape index (κ2) is 8.33. The Labute approximate surface area is 174 Å². The molecule has 2 atom stereocenters. The fourth-order valence-corrected chi connectivity index (χ4v) is 5.03. The van der Waals surface area contributed by atoms with Crippen molar-refractivity contribution in [2.45, 2.75) is 45.2 Å². The number of hydrogen-bond donors (Lipinski definition) is 0. The fraction of sp³-hybridized carbons (Fsp3) is 0.348. The number of fused-ring (bicyclic) bond motifs is 1. The highest BCUT2D eigenvalue weighted by Gasteiger charge is 2.29. The van der Waals surface area contributed by atoms with E-state index in [1.54, 1.807) is 12.1 Å². The molecule has 5 nitrogen and oxygen atoms in total. The summed E-state index contributed by atoms with van der Waals surface area (Å²) in [5.74, 6) is -0.624. The standard InChI is InChI=1S/C23H24N2O3S/c1-15-8-7-9-16(2)25(15)21(26)14-28-23(27)18-11-4-3-10-17(18)22-24-19-12-5-6-13-20(19)29-22/h3-6,10-13,15-16H,7-9,14H2,1-2H3. The van der Waals surface area contributed by atoms with Crippen molar-refractivity contribution in [3.05, 3.63) is 54.1 Å². The maximum Gasteiger partial charge on any atom is 0.339 e. The highest BCUT2D eigenvalue weighted by molar-refractivity contribution is 7.21. The number of ether oxygens (including phenoxy) is 1. The van der Waals surface area contributed by atoms with Crippen LogP contribution in [0.25, 0.3) is 20.8 Å².